The van der Waals surface area contributed by atoms with Gasteiger partial charge in [0.15, 0.2) is 11.2 Å². The number of imidazole rings is 1. The van der Waals surface area contributed by atoms with Crippen LogP contribution in [0, 0.1) is 17.0 Å². The number of non-ortho nitro benzene ring substituents is 1. The molecule has 3 rings (SSSR count). The number of nitrogens with one attached hydrogen (secondary N) is 1. The summed E-state index contributed by atoms with van der Waals surface area (Å²) in [7, 11) is 2.98. The lowest BCUT2D eigenvalue weighted by molar-refractivity contribution is -0.384. The normalized spacial score (nSPS) is 11.0. The Morgan fingerprint density at radius 1 is 1.23 bits per heavy atom. The van der Waals surface area contributed by atoms with Gasteiger partial charge in [0, 0.05) is 45.0 Å². The summed E-state index contributed by atoms with van der Waals surface area (Å²) in [6.45, 7) is 2.69. The molecule has 0 aliphatic heterocycles. The maximum absolute atomic E-state index is 12.4. The molecule has 2 heterocycles. The van der Waals surface area contributed by atoms with Crippen molar-refractivity contribution < 1.29 is 4.92 Å². The van der Waals surface area contributed by atoms with Gasteiger partial charge >= 0.3 is 5.69 Å². The van der Waals surface area contributed by atoms with E-state index in [2.05, 4.69) is 10.3 Å². The Balaban J connectivity index is 1.86. The fourth-order valence-corrected chi connectivity index (χ4v) is 2.79. The van der Waals surface area contributed by atoms with E-state index in [1.807, 2.05) is 6.92 Å². The van der Waals surface area contributed by atoms with Gasteiger partial charge in [-0.25, -0.2) is 9.78 Å². The maximum atomic E-state index is 12.4. The SMILES string of the molecule is Cc1ccc([N+](=O)[O-])cc1NCCn1cnc2c1c(=O)n(C)c(=O)n2C. The molecule has 1 N–H and O–H groups in total. The second-order valence-corrected chi connectivity index (χ2v) is 6.00. The van der Waals surface area contributed by atoms with Crippen molar-refractivity contribution >= 4 is 22.5 Å². The second kappa shape index (κ2) is 6.47. The Kier molecular flexibility index (Phi) is 4.33. The van der Waals surface area contributed by atoms with E-state index in [-0.39, 0.29) is 5.69 Å². The Bertz CT molecular complexity index is 1120. The fourth-order valence-electron chi connectivity index (χ4n) is 2.79. The lowest BCUT2D eigenvalue weighted by Gasteiger charge is -2.10. The van der Waals surface area contributed by atoms with E-state index in [1.165, 1.54) is 30.1 Å². The van der Waals surface area contributed by atoms with E-state index in [4.69, 9.17) is 0 Å². The molecule has 0 aliphatic carbocycles. The first-order valence-electron chi connectivity index (χ1n) is 7.91. The van der Waals surface area contributed by atoms with Gasteiger partial charge in [-0.1, -0.05) is 6.07 Å². The van der Waals surface area contributed by atoms with Crippen LogP contribution in [0.25, 0.3) is 11.2 Å². The van der Waals surface area contributed by atoms with Gasteiger partial charge in [-0.2, -0.15) is 0 Å². The van der Waals surface area contributed by atoms with E-state index in [9.17, 15) is 19.7 Å². The van der Waals surface area contributed by atoms with Crippen molar-refractivity contribution in [1.82, 2.24) is 18.7 Å². The minimum Gasteiger partial charge on any atom is -0.383 e. The number of nitro benzene ring substituents is 1. The van der Waals surface area contributed by atoms with Crippen molar-refractivity contribution in [3.8, 4) is 0 Å². The Morgan fingerprint density at radius 2 is 1.96 bits per heavy atom. The number of hydrogen-bond donors (Lipinski definition) is 1. The van der Waals surface area contributed by atoms with Crippen LogP contribution >= 0.6 is 0 Å². The molecule has 26 heavy (non-hydrogen) atoms. The predicted octanol–water partition coefficient (Wildman–Crippen LogP) is 0.762. The van der Waals surface area contributed by atoms with Gasteiger partial charge in [0.05, 0.1) is 11.3 Å². The van der Waals surface area contributed by atoms with Crippen LogP contribution in [-0.4, -0.2) is 30.2 Å². The van der Waals surface area contributed by atoms with Crippen molar-refractivity contribution in [2.24, 2.45) is 14.1 Å². The lowest BCUT2D eigenvalue weighted by atomic mass is 10.2. The van der Waals surface area contributed by atoms with Crippen LogP contribution in [-0.2, 0) is 20.6 Å². The molecule has 0 unspecified atom stereocenters. The van der Waals surface area contributed by atoms with Crippen LogP contribution in [0.5, 0.6) is 0 Å². The molecule has 0 spiro atoms. The summed E-state index contributed by atoms with van der Waals surface area (Å²) in [5.74, 6) is 0. The summed E-state index contributed by atoms with van der Waals surface area (Å²) >= 11 is 0. The quantitative estimate of drug-likeness (QED) is 0.532. The van der Waals surface area contributed by atoms with Gasteiger partial charge < -0.3 is 9.88 Å². The average Bonchev–Trinajstić information content (AvgIpc) is 3.03. The minimum absolute atomic E-state index is 0.00931. The summed E-state index contributed by atoms with van der Waals surface area (Å²) < 4.78 is 4.03. The van der Waals surface area contributed by atoms with E-state index in [0.29, 0.717) is 29.9 Å². The number of fused-ring (bicyclic) bond motifs is 1. The van der Waals surface area contributed by atoms with Crippen LogP contribution in [0.1, 0.15) is 5.56 Å². The first-order chi connectivity index (χ1) is 12.3. The molecule has 1 aromatic carbocycles. The van der Waals surface area contributed by atoms with E-state index >= 15 is 0 Å². The van der Waals surface area contributed by atoms with Crippen molar-refractivity contribution in [2.45, 2.75) is 13.5 Å². The van der Waals surface area contributed by atoms with Gasteiger partial charge in [0.25, 0.3) is 11.2 Å². The molecule has 0 atom stereocenters. The third-order valence-corrected chi connectivity index (χ3v) is 4.32. The summed E-state index contributed by atoms with van der Waals surface area (Å²) in [6.07, 6.45) is 1.51. The zero-order valence-corrected chi connectivity index (χ0v) is 14.6. The maximum Gasteiger partial charge on any atom is 0.332 e. The largest absolute Gasteiger partial charge is 0.383 e. The summed E-state index contributed by atoms with van der Waals surface area (Å²) in [5.41, 5.74) is 1.37. The first kappa shape index (κ1) is 17.4. The van der Waals surface area contributed by atoms with Crippen molar-refractivity contribution in [3.63, 3.8) is 0 Å². The van der Waals surface area contributed by atoms with Crippen LogP contribution < -0.4 is 16.6 Å². The summed E-state index contributed by atoms with van der Waals surface area (Å²) in [4.78, 5) is 38.9. The van der Waals surface area contributed by atoms with Gasteiger partial charge in [0.2, 0.25) is 0 Å². The molecule has 0 amide bonds. The van der Waals surface area contributed by atoms with Crippen LogP contribution in [0.3, 0.4) is 0 Å². The standard InChI is InChI=1S/C16H18N6O4/c1-10-4-5-11(22(25)26)8-12(10)17-6-7-21-9-18-14-13(21)15(23)20(3)16(24)19(14)2/h4-5,8-9,17H,6-7H2,1-3H3. The Morgan fingerprint density at radius 3 is 2.65 bits per heavy atom. The highest BCUT2D eigenvalue weighted by Crippen LogP contribution is 2.21. The number of nitrogens with zero attached hydrogens (tertiary/aromatic N) is 5. The van der Waals surface area contributed by atoms with Gasteiger partial charge in [-0.3, -0.25) is 24.0 Å². The molecule has 136 valence electrons. The molecular formula is C16H18N6O4. The summed E-state index contributed by atoms with van der Waals surface area (Å²) in [6, 6.07) is 4.61. The highest BCUT2D eigenvalue weighted by Gasteiger charge is 2.14. The Labute approximate surface area is 147 Å². The fraction of sp³-hybridized carbons (Fsp3) is 0.312. The number of benzene rings is 1. The summed E-state index contributed by atoms with van der Waals surface area (Å²) in [5, 5.41) is 14.0. The van der Waals surface area contributed by atoms with Crippen molar-refractivity contribution in [1.29, 1.82) is 0 Å². The topological polar surface area (TPSA) is 117 Å². The predicted molar refractivity (Wildman–Crippen MR) is 96.5 cm³/mol. The number of hydrogen-bond acceptors (Lipinski definition) is 6. The van der Waals surface area contributed by atoms with Crippen molar-refractivity contribution in [2.75, 3.05) is 11.9 Å². The lowest BCUT2D eigenvalue weighted by Crippen LogP contribution is -2.37. The molecule has 10 nitrogen and oxygen atoms in total. The molecule has 0 radical (unpaired) electrons. The second-order valence-electron chi connectivity index (χ2n) is 6.00. The first-order valence-corrected chi connectivity index (χ1v) is 7.91. The number of aryl methyl sites for hydroxylation is 2. The molecule has 0 saturated carbocycles. The van der Waals surface area contributed by atoms with Crippen molar-refractivity contribution in [3.05, 3.63) is 61.0 Å². The van der Waals surface area contributed by atoms with E-state index in [1.54, 1.807) is 17.7 Å². The third-order valence-electron chi connectivity index (χ3n) is 4.32. The Hall–Kier alpha value is -3.43. The smallest absolute Gasteiger partial charge is 0.332 e. The highest BCUT2D eigenvalue weighted by molar-refractivity contribution is 5.70. The number of nitro groups is 1. The van der Waals surface area contributed by atoms with Crippen LogP contribution in [0.4, 0.5) is 11.4 Å². The molecule has 3 aromatic rings. The number of aromatic nitrogens is 4. The van der Waals surface area contributed by atoms with Crippen LogP contribution in [0.2, 0.25) is 0 Å². The molecular weight excluding hydrogens is 340 g/mol. The average molecular weight is 358 g/mol. The van der Waals surface area contributed by atoms with Gasteiger partial charge in [-0.15, -0.1) is 0 Å². The van der Waals surface area contributed by atoms with E-state index < -0.39 is 16.2 Å². The molecule has 10 heteroatoms. The molecule has 0 fully saturated rings. The number of rotatable bonds is 5. The zero-order chi connectivity index (χ0) is 19.0. The molecule has 2 aromatic heterocycles. The minimum atomic E-state index is -0.446. The van der Waals surface area contributed by atoms with E-state index in [0.717, 1.165) is 10.1 Å². The van der Waals surface area contributed by atoms with Gasteiger partial charge in [-0.05, 0) is 12.5 Å². The monoisotopic (exact) mass is 358 g/mol. The third kappa shape index (κ3) is 2.85. The zero-order valence-electron chi connectivity index (χ0n) is 14.6. The highest BCUT2D eigenvalue weighted by atomic mass is 16.6. The molecule has 0 saturated heterocycles. The van der Waals surface area contributed by atoms with Crippen LogP contribution in [0.15, 0.2) is 34.1 Å². The molecule has 0 bridgehead atoms. The number of anilines is 1. The van der Waals surface area contributed by atoms with Gasteiger partial charge in [0.1, 0.15) is 0 Å². The molecule has 0 aliphatic rings.